The molecule has 0 atom stereocenters. The van der Waals surface area contributed by atoms with Gasteiger partial charge >= 0.3 is 11.9 Å². The van der Waals surface area contributed by atoms with Crippen LogP contribution >= 0.6 is 0 Å². The van der Waals surface area contributed by atoms with Gasteiger partial charge in [0.15, 0.2) is 0 Å². The van der Waals surface area contributed by atoms with Crippen molar-refractivity contribution in [3.8, 4) is 28.7 Å². The number of carboxylic acids is 2. The molecule has 0 spiro atoms. The molecule has 0 saturated heterocycles. The predicted molar refractivity (Wildman–Crippen MR) is 112 cm³/mol. The van der Waals surface area contributed by atoms with Crippen LogP contribution in [0.25, 0.3) is 22.0 Å². The highest BCUT2D eigenvalue weighted by atomic mass is 16.4. The van der Waals surface area contributed by atoms with Crippen LogP contribution in [0.1, 0.15) is 32.0 Å². The van der Waals surface area contributed by atoms with E-state index in [2.05, 4.69) is 16.8 Å². The number of aromatic carboxylic acids is 2. The third kappa shape index (κ3) is 3.60. The first-order valence-electron chi connectivity index (χ1n) is 8.96. The molecular formula is C24H15NO5. The van der Waals surface area contributed by atoms with E-state index in [1.165, 1.54) is 18.2 Å². The molecule has 0 aliphatic rings. The number of hydrogen-bond acceptors (Lipinski definition) is 3. The van der Waals surface area contributed by atoms with Crippen molar-refractivity contribution >= 4 is 22.8 Å². The molecule has 0 saturated carbocycles. The molecule has 30 heavy (non-hydrogen) atoms. The van der Waals surface area contributed by atoms with E-state index in [-0.39, 0.29) is 17.0 Å². The van der Waals surface area contributed by atoms with Crippen molar-refractivity contribution in [1.29, 1.82) is 0 Å². The van der Waals surface area contributed by atoms with E-state index in [1.807, 2.05) is 0 Å². The van der Waals surface area contributed by atoms with Crippen LogP contribution in [0.15, 0.2) is 66.7 Å². The summed E-state index contributed by atoms with van der Waals surface area (Å²) in [5.74, 6) is 3.87. The van der Waals surface area contributed by atoms with Crippen LogP contribution in [0.4, 0.5) is 0 Å². The first kappa shape index (κ1) is 18.8. The van der Waals surface area contributed by atoms with Crippen LogP contribution in [0.2, 0.25) is 0 Å². The number of nitrogens with one attached hydrogen (secondary N) is 1. The van der Waals surface area contributed by atoms with Crippen molar-refractivity contribution in [2.24, 2.45) is 0 Å². The third-order valence-corrected chi connectivity index (χ3v) is 4.62. The van der Waals surface area contributed by atoms with E-state index in [9.17, 15) is 24.9 Å². The van der Waals surface area contributed by atoms with Crippen molar-refractivity contribution in [3.05, 3.63) is 89.1 Å². The van der Waals surface area contributed by atoms with E-state index in [0.717, 1.165) is 0 Å². The molecule has 0 amide bonds. The Morgan fingerprint density at radius 2 is 1.63 bits per heavy atom. The fraction of sp³-hybridized carbons (Fsp3) is 0. The summed E-state index contributed by atoms with van der Waals surface area (Å²) in [5.41, 5.74) is 2.93. The van der Waals surface area contributed by atoms with E-state index >= 15 is 0 Å². The summed E-state index contributed by atoms with van der Waals surface area (Å²) in [4.78, 5) is 25.9. The highest BCUT2D eigenvalue weighted by Gasteiger charge is 2.16. The Kier molecular flexibility index (Phi) is 4.71. The summed E-state index contributed by atoms with van der Waals surface area (Å²) < 4.78 is 0. The smallest absolute Gasteiger partial charge is 0.352 e. The molecule has 1 heterocycles. The zero-order valence-electron chi connectivity index (χ0n) is 15.5. The molecule has 0 unspecified atom stereocenters. The molecule has 6 nitrogen and oxygen atoms in total. The summed E-state index contributed by atoms with van der Waals surface area (Å²) in [6.07, 6.45) is 0. The van der Waals surface area contributed by atoms with Crippen molar-refractivity contribution in [3.63, 3.8) is 0 Å². The monoisotopic (exact) mass is 397 g/mol. The fourth-order valence-electron chi connectivity index (χ4n) is 3.27. The van der Waals surface area contributed by atoms with Crippen LogP contribution < -0.4 is 0 Å². The average Bonchev–Trinajstić information content (AvgIpc) is 3.15. The van der Waals surface area contributed by atoms with E-state index in [0.29, 0.717) is 33.2 Å². The number of aromatic hydroxyl groups is 1. The van der Waals surface area contributed by atoms with Crippen LogP contribution in [0.5, 0.6) is 5.75 Å². The van der Waals surface area contributed by atoms with E-state index in [1.54, 1.807) is 48.5 Å². The topological polar surface area (TPSA) is 111 Å². The first-order chi connectivity index (χ1) is 14.4. The lowest BCUT2D eigenvalue weighted by molar-refractivity contribution is 0.0683. The minimum Gasteiger partial charge on any atom is -0.508 e. The SMILES string of the molecule is O=C(O)c1cc2cc(-c3c(C#Cc4cccc(O)c4)cccc3C(=O)O)ccc2[nH]1. The maximum Gasteiger partial charge on any atom is 0.352 e. The molecule has 0 aliphatic heterocycles. The molecule has 0 aliphatic carbocycles. The third-order valence-electron chi connectivity index (χ3n) is 4.62. The second kappa shape index (κ2) is 7.49. The standard InChI is InChI=1S/C24H15NO5/c26-18-5-1-3-14(11-18)7-8-15-4-2-6-19(23(27)28)22(15)16-9-10-20-17(12-16)13-21(25-20)24(29)30/h1-6,9-13,25-26H,(H,27,28)(H,29,30). The number of carbonyl (C=O) groups is 2. The molecule has 3 aromatic carbocycles. The van der Waals surface area contributed by atoms with Crippen molar-refractivity contribution < 1.29 is 24.9 Å². The molecule has 0 bridgehead atoms. The molecule has 6 heteroatoms. The number of benzene rings is 3. The number of aromatic amines is 1. The number of carboxylic acid groups (broad SMARTS) is 2. The van der Waals surface area contributed by atoms with Gasteiger partial charge in [-0.25, -0.2) is 9.59 Å². The number of rotatable bonds is 3. The fourth-order valence-corrected chi connectivity index (χ4v) is 3.27. The second-order valence-corrected chi connectivity index (χ2v) is 6.62. The highest BCUT2D eigenvalue weighted by Crippen LogP contribution is 2.31. The molecule has 146 valence electrons. The summed E-state index contributed by atoms with van der Waals surface area (Å²) in [5, 5.41) is 29.1. The Morgan fingerprint density at radius 3 is 2.37 bits per heavy atom. The van der Waals surface area contributed by atoms with E-state index < -0.39 is 11.9 Å². The van der Waals surface area contributed by atoms with Crippen molar-refractivity contribution in [2.45, 2.75) is 0 Å². The molecule has 1 aromatic heterocycles. The normalized spacial score (nSPS) is 10.4. The van der Waals surface area contributed by atoms with Gasteiger partial charge in [0, 0.05) is 27.6 Å². The van der Waals surface area contributed by atoms with Crippen molar-refractivity contribution in [1.82, 2.24) is 4.98 Å². The molecular weight excluding hydrogens is 382 g/mol. The van der Waals surface area contributed by atoms with Gasteiger partial charge in [0.1, 0.15) is 11.4 Å². The zero-order valence-corrected chi connectivity index (χ0v) is 15.5. The minimum absolute atomic E-state index is 0.0533. The van der Waals surface area contributed by atoms with Crippen LogP contribution in [0, 0.1) is 11.8 Å². The summed E-state index contributed by atoms with van der Waals surface area (Å²) in [6, 6.07) is 18.0. The number of fused-ring (bicyclic) bond motifs is 1. The Morgan fingerprint density at radius 1 is 0.833 bits per heavy atom. The van der Waals surface area contributed by atoms with E-state index in [4.69, 9.17) is 0 Å². The maximum absolute atomic E-state index is 11.9. The number of aromatic nitrogens is 1. The molecule has 4 rings (SSSR count). The van der Waals surface area contributed by atoms with Gasteiger partial charge in [-0.3, -0.25) is 0 Å². The Balaban J connectivity index is 1.89. The molecule has 0 radical (unpaired) electrons. The lowest BCUT2D eigenvalue weighted by atomic mass is 9.93. The average molecular weight is 397 g/mol. The van der Waals surface area contributed by atoms with Gasteiger partial charge in [0.25, 0.3) is 0 Å². The van der Waals surface area contributed by atoms with Gasteiger partial charge in [-0.1, -0.05) is 30.0 Å². The van der Waals surface area contributed by atoms with Gasteiger partial charge in [0.2, 0.25) is 0 Å². The number of phenolic OH excluding ortho intramolecular Hbond substituents is 1. The highest BCUT2D eigenvalue weighted by molar-refractivity contribution is 6.00. The maximum atomic E-state index is 11.9. The number of hydrogen-bond donors (Lipinski definition) is 4. The van der Waals surface area contributed by atoms with Gasteiger partial charge in [0.05, 0.1) is 5.56 Å². The zero-order chi connectivity index (χ0) is 21.3. The summed E-state index contributed by atoms with van der Waals surface area (Å²) >= 11 is 0. The largest absolute Gasteiger partial charge is 0.508 e. The lowest BCUT2D eigenvalue weighted by Gasteiger charge is -2.10. The molecule has 4 N–H and O–H groups in total. The molecule has 0 fully saturated rings. The van der Waals surface area contributed by atoms with Gasteiger partial charge in [-0.2, -0.15) is 0 Å². The number of phenols is 1. The first-order valence-corrected chi connectivity index (χ1v) is 8.96. The lowest BCUT2D eigenvalue weighted by Crippen LogP contribution is -2.01. The minimum atomic E-state index is -1.09. The summed E-state index contributed by atoms with van der Waals surface area (Å²) in [7, 11) is 0. The summed E-state index contributed by atoms with van der Waals surface area (Å²) in [6.45, 7) is 0. The Hall–Kier alpha value is -4.50. The van der Waals surface area contributed by atoms with Crippen molar-refractivity contribution in [2.75, 3.05) is 0 Å². The van der Waals surface area contributed by atoms with Gasteiger partial charge in [-0.05, 0) is 54.1 Å². The van der Waals surface area contributed by atoms with Gasteiger partial charge < -0.3 is 20.3 Å². The Bertz CT molecular complexity index is 1370. The number of H-pyrrole nitrogens is 1. The van der Waals surface area contributed by atoms with Crippen LogP contribution in [-0.4, -0.2) is 32.2 Å². The van der Waals surface area contributed by atoms with Gasteiger partial charge in [-0.15, -0.1) is 0 Å². The van der Waals surface area contributed by atoms with Crippen LogP contribution in [-0.2, 0) is 0 Å². The quantitative estimate of drug-likeness (QED) is 0.385. The Labute approximate surface area is 171 Å². The van der Waals surface area contributed by atoms with Crippen LogP contribution in [0.3, 0.4) is 0 Å². The molecule has 4 aromatic rings. The second-order valence-electron chi connectivity index (χ2n) is 6.62. The predicted octanol–water partition coefficient (Wildman–Crippen LogP) is 4.34.